The summed E-state index contributed by atoms with van der Waals surface area (Å²) >= 11 is 3.26. The van der Waals surface area contributed by atoms with Crippen LogP contribution < -0.4 is 10.6 Å². The smallest absolute Gasteiger partial charge is 0.337 e. The molecule has 3 N–H and O–H groups in total. The topological polar surface area (TPSA) is 78.4 Å². The second-order valence-corrected chi connectivity index (χ2v) is 5.90. The average Bonchev–Trinajstić information content (AvgIpc) is 2.26. The van der Waals surface area contributed by atoms with Gasteiger partial charge in [0.2, 0.25) is 0 Å². The summed E-state index contributed by atoms with van der Waals surface area (Å²) in [6, 6.07) is 4.28. The summed E-state index contributed by atoms with van der Waals surface area (Å²) in [5, 5.41) is 14.5. The highest BCUT2D eigenvalue weighted by Crippen LogP contribution is 2.31. The van der Waals surface area contributed by atoms with Gasteiger partial charge in [0.05, 0.1) is 11.3 Å². The fourth-order valence-corrected chi connectivity index (χ4v) is 2.43. The van der Waals surface area contributed by atoms with Crippen molar-refractivity contribution in [1.29, 1.82) is 0 Å². The predicted octanol–water partition coefficient (Wildman–Crippen LogP) is 3.21. The second kappa shape index (κ2) is 5.21. The number of carbonyl (C=O) groups is 2. The molecule has 1 aliphatic carbocycles. The zero-order chi connectivity index (χ0) is 14.0. The van der Waals surface area contributed by atoms with Crippen molar-refractivity contribution >= 4 is 33.6 Å². The number of aromatic carboxylic acids is 1. The highest BCUT2D eigenvalue weighted by molar-refractivity contribution is 9.10. The molecule has 1 fully saturated rings. The van der Waals surface area contributed by atoms with Crippen LogP contribution in [0.15, 0.2) is 22.7 Å². The Hall–Kier alpha value is -1.56. The molecule has 6 heteroatoms. The van der Waals surface area contributed by atoms with E-state index in [1.807, 2.05) is 6.92 Å². The maximum absolute atomic E-state index is 11.9. The van der Waals surface area contributed by atoms with Crippen molar-refractivity contribution in [1.82, 2.24) is 5.32 Å². The standard InChI is InChI=1S/C13H15BrN2O3/c1-13(5-2-6-13)16-12(19)15-10-7-8(14)3-4-9(10)11(17)18/h3-4,7H,2,5-6H2,1H3,(H,17,18)(H2,15,16,19). The number of carboxylic acids is 1. The Bertz CT molecular complexity index is 527. The third-order valence-corrected chi connectivity index (χ3v) is 3.83. The first kappa shape index (κ1) is 13.9. The van der Waals surface area contributed by atoms with Gasteiger partial charge in [0.1, 0.15) is 0 Å². The van der Waals surface area contributed by atoms with Crippen molar-refractivity contribution in [3.05, 3.63) is 28.2 Å². The van der Waals surface area contributed by atoms with Crippen LogP contribution in [0.4, 0.5) is 10.5 Å². The van der Waals surface area contributed by atoms with Crippen LogP contribution in [0.5, 0.6) is 0 Å². The maximum atomic E-state index is 11.9. The first-order valence-corrected chi connectivity index (χ1v) is 6.81. The van der Waals surface area contributed by atoms with Gasteiger partial charge in [-0.15, -0.1) is 0 Å². The molecule has 0 saturated heterocycles. The minimum atomic E-state index is -1.07. The van der Waals surface area contributed by atoms with Crippen LogP contribution in [0.25, 0.3) is 0 Å². The molecule has 1 aliphatic rings. The molecule has 1 saturated carbocycles. The molecule has 0 atom stereocenters. The molecule has 0 unspecified atom stereocenters. The lowest BCUT2D eigenvalue weighted by Gasteiger charge is -2.39. The number of halogens is 1. The van der Waals surface area contributed by atoms with E-state index in [9.17, 15) is 9.59 Å². The molecule has 5 nitrogen and oxygen atoms in total. The number of hydrogen-bond donors (Lipinski definition) is 3. The normalized spacial score (nSPS) is 16.3. The molecule has 102 valence electrons. The monoisotopic (exact) mass is 326 g/mol. The first-order chi connectivity index (χ1) is 8.89. The van der Waals surface area contributed by atoms with Gasteiger partial charge in [-0.1, -0.05) is 15.9 Å². The minimum Gasteiger partial charge on any atom is -0.478 e. The van der Waals surface area contributed by atoms with Gasteiger partial charge in [0.25, 0.3) is 0 Å². The molecule has 0 aliphatic heterocycles. The van der Waals surface area contributed by atoms with E-state index in [4.69, 9.17) is 5.11 Å². The Morgan fingerprint density at radius 1 is 1.37 bits per heavy atom. The molecule has 0 bridgehead atoms. The molecule has 0 heterocycles. The van der Waals surface area contributed by atoms with E-state index in [1.165, 1.54) is 6.07 Å². The number of carbonyl (C=O) groups excluding carboxylic acids is 1. The third kappa shape index (κ3) is 3.26. The summed E-state index contributed by atoms with van der Waals surface area (Å²) in [6.07, 6.45) is 3.00. The molecule has 1 aromatic carbocycles. The van der Waals surface area contributed by atoms with Crippen molar-refractivity contribution in [3.63, 3.8) is 0 Å². The second-order valence-electron chi connectivity index (χ2n) is 4.99. The number of benzene rings is 1. The number of carboxylic acid groups (broad SMARTS) is 1. The molecular formula is C13H15BrN2O3. The van der Waals surface area contributed by atoms with Crippen molar-refractivity contribution < 1.29 is 14.7 Å². The van der Waals surface area contributed by atoms with Crippen LogP contribution >= 0.6 is 15.9 Å². The quantitative estimate of drug-likeness (QED) is 0.798. The zero-order valence-corrected chi connectivity index (χ0v) is 12.1. The first-order valence-electron chi connectivity index (χ1n) is 6.02. The molecule has 0 spiro atoms. The van der Waals surface area contributed by atoms with E-state index >= 15 is 0 Å². The van der Waals surface area contributed by atoms with Gasteiger partial charge >= 0.3 is 12.0 Å². The van der Waals surface area contributed by atoms with Crippen molar-refractivity contribution in [3.8, 4) is 0 Å². The number of nitrogens with one attached hydrogen (secondary N) is 2. The van der Waals surface area contributed by atoms with E-state index in [0.29, 0.717) is 4.47 Å². The van der Waals surface area contributed by atoms with Crippen molar-refractivity contribution in [2.24, 2.45) is 0 Å². The van der Waals surface area contributed by atoms with Crippen molar-refractivity contribution in [2.75, 3.05) is 5.32 Å². The number of amides is 2. The van der Waals surface area contributed by atoms with Crippen LogP contribution in [0.3, 0.4) is 0 Å². The molecule has 1 aromatic rings. The lowest BCUT2D eigenvalue weighted by Crippen LogP contribution is -2.52. The average molecular weight is 327 g/mol. The summed E-state index contributed by atoms with van der Waals surface area (Å²) in [4.78, 5) is 23.0. The Labute approximate surface area is 119 Å². The molecular weight excluding hydrogens is 312 g/mol. The fraction of sp³-hybridized carbons (Fsp3) is 0.385. The van der Waals surface area contributed by atoms with Crippen LogP contribution in [0.1, 0.15) is 36.5 Å². The highest BCUT2D eigenvalue weighted by atomic mass is 79.9. The Balaban J connectivity index is 2.11. The van der Waals surface area contributed by atoms with Gasteiger partial charge in [-0.25, -0.2) is 9.59 Å². The molecule has 19 heavy (non-hydrogen) atoms. The summed E-state index contributed by atoms with van der Waals surface area (Å²) in [5.41, 5.74) is 0.179. The van der Waals surface area contributed by atoms with Gasteiger partial charge in [0, 0.05) is 10.0 Å². The summed E-state index contributed by atoms with van der Waals surface area (Å²) in [7, 11) is 0. The Kier molecular flexibility index (Phi) is 3.80. The number of anilines is 1. The fourth-order valence-electron chi connectivity index (χ4n) is 2.07. The van der Waals surface area contributed by atoms with Gasteiger partial charge in [-0.2, -0.15) is 0 Å². The third-order valence-electron chi connectivity index (χ3n) is 3.33. The van der Waals surface area contributed by atoms with E-state index < -0.39 is 5.97 Å². The predicted molar refractivity (Wildman–Crippen MR) is 75.5 cm³/mol. The lowest BCUT2D eigenvalue weighted by molar-refractivity contribution is 0.0698. The molecule has 0 radical (unpaired) electrons. The van der Waals surface area contributed by atoms with E-state index in [0.717, 1.165) is 19.3 Å². The van der Waals surface area contributed by atoms with Gasteiger partial charge in [-0.3, -0.25) is 0 Å². The number of urea groups is 1. The molecule has 0 aromatic heterocycles. The number of rotatable bonds is 3. The number of hydrogen-bond acceptors (Lipinski definition) is 2. The lowest BCUT2D eigenvalue weighted by atomic mass is 9.79. The van der Waals surface area contributed by atoms with E-state index in [1.54, 1.807) is 12.1 Å². The summed E-state index contributed by atoms with van der Waals surface area (Å²) in [6.45, 7) is 1.98. The van der Waals surface area contributed by atoms with Gasteiger partial charge in [-0.05, 0) is 44.4 Å². The van der Waals surface area contributed by atoms with Crippen LogP contribution in [0.2, 0.25) is 0 Å². The van der Waals surface area contributed by atoms with Gasteiger partial charge < -0.3 is 15.7 Å². The van der Waals surface area contributed by atoms with E-state index in [-0.39, 0.29) is 22.8 Å². The van der Waals surface area contributed by atoms with Crippen LogP contribution in [-0.2, 0) is 0 Å². The maximum Gasteiger partial charge on any atom is 0.337 e. The molecule has 2 amide bonds. The largest absolute Gasteiger partial charge is 0.478 e. The molecule has 2 rings (SSSR count). The highest BCUT2D eigenvalue weighted by Gasteiger charge is 2.33. The minimum absolute atomic E-state index is 0.0668. The summed E-state index contributed by atoms with van der Waals surface area (Å²) in [5.74, 6) is -1.07. The van der Waals surface area contributed by atoms with Gasteiger partial charge in [0.15, 0.2) is 0 Å². The zero-order valence-electron chi connectivity index (χ0n) is 10.5. The Morgan fingerprint density at radius 3 is 2.58 bits per heavy atom. The van der Waals surface area contributed by atoms with Crippen LogP contribution in [-0.4, -0.2) is 22.6 Å². The summed E-state index contributed by atoms with van der Waals surface area (Å²) < 4.78 is 0.711. The Morgan fingerprint density at radius 2 is 2.05 bits per heavy atom. The van der Waals surface area contributed by atoms with E-state index in [2.05, 4.69) is 26.6 Å². The van der Waals surface area contributed by atoms with Crippen molar-refractivity contribution in [2.45, 2.75) is 31.7 Å². The SMILES string of the molecule is CC1(NC(=O)Nc2cc(Br)ccc2C(=O)O)CCC1. The van der Waals surface area contributed by atoms with Crippen LogP contribution in [0, 0.1) is 0 Å².